The summed E-state index contributed by atoms with van der Waals surface area (Å²) in [5, 5.41) is 2.67. The van der Waals surface area contributed by atoms with Gasteiger partial charge in [-0.3, -0.25) is 9.69 Å². The molecule has 6 nitrogen and oxygen atoms in total. The van der Waals surface area contributed by atoms with E-state index in [1.807, 2.05) is 67.6 Å². The van der Waals surface area contributed by atoms with Crippen LogP contribution in [-0.2, 0) is 17.9 Å². The van der Waals surface area contributed by atoms with Gasteiger partial charge in [-0.1, -0.05) is 58.4 Å². The Labute approximate surface area is 214 Å². The number of amides is 3. The highest BCUT2D eigenvalue weighted by molar-refractivity contribution is 9.10. The summed E-state index contributed by atoms with van der Waals surface area (Å²) in [5.74, 6) is 0.733. The van der Waals surface area contributed by atoms with Gasteiger partial charge in [-0.15, -0.1) is 0 Å². The SMILES string of the molecule is CCOc1cc(/C=C2/NC(=O)N(Cc3ccccc3)C2=O)cc(Br)c1OCc1ccc(Br)cc1. The van der Waals surface area contributed by atoms with E-state index in [0.717, 1.165) is 15.6 Å². The minimum atomic E-state index is -0.446. The molecule has 0 spiro atoms. The van der Waals surface area contributed by atoms with E-state index in [2.05, 4.69) is 37.2 Å². The number of hydrogen-bond acceptors (Lipinski definition) is 4. The Bertz CT molecular complexity index is 1230. The van der Waals surface area contributed by atoms with Crippen molar-refractivity contribution in [2.45, 2.75) is 20.1 Å². The molecule has 0 radical (unpaired) electrons. The van der Waals surface area contributed by atoms with Crippen LogP contribution >= 0.6 is 31.9 Å². The number of benzene rings is 3. The fraction of sp³-hybridized carbons (Fsp3) is 0.154. The van der Waals surface area contributed by atoms with Crippen molar-refractivity contribution in [3.05, 3.63) is 98.1 Å². The Kier molecular flexibility index (Phi) is 7.70. The fourth-order valence-corrected chi connectivity index (χ4v) is 4.30. The van der Waals surface area contributed by atoms with Crippen LogP contribution < -0.4 is 14.8 Å². The second-order valence-corrected chi connectivity index (χ2v) is 9.31. The first-order chi connectivity index (χ1) is 16.4. The number of hydrogen-bond donors (Lipinski definition) is 1. The van der Waals surface area contributed by atoms with E-state index in [0.29, 0.717) is 34.7 Å². The maximum absolute atomic E-state index is 12.9. The molecular weight excluding hydrogens is 564 g/mol. The standard InChI is InChI=1S/C26H22Br2N2O4/c1-2-33-23-14-19(12-21(28)24(23)34-16-18-8-10-20(27)11-9-18)13-22-25(31)30(26(32)29-22)15-17-6-4-3-5-7-17/h3-14H,2,15-16H2,1H3,(H,29,32)/b22-13+. The highest BCUT2D eigenvalue weighted by Gasteiger charge is 2.33. The average Bonchev–Trinajstić information content (AvgIpc) is 3.08. The Morgan fingerprint density at radius 2 is 1.68 bits per heavy atom. The van der Waals surface area contributed by atoms with Gasteiger partial charge >= 0.3 is 6.03 Å². The van der Waals surface area contributed by atoms with Crippen LogP contribution in [0, 0.1) is 0 Å². The number of nitrogens with one attached hydrogen (secondary N) is 1. The van der Waals surface area contributed by atoms with Crippen LogP contribution in [0.25, 0.3) is 6.08 Å². The molecule has 174 valence electrons. The van der Waals surface area contributed by atoms with Crippen LogP contribution in [0.3, 0.4) is 0 Å². The monoisotopic (exact) mass is 584 g/mol. The highest BCUT2D eigenvalue weighted by atomic mass is 79.9. The Hall–Kier alpha value is -3.10. The summed E-state index contributed by atoms with van der Waals surface area (Å²) in [7, 11) is 0. The molecule has 0 saturated carbocycles. The van der Waals surface area contributed by atoms with E-state index < -0.39 is 6.03 Å². The first kappa shape index (κ1) is 24.0. The molecule has 0 aromatic heterocycles. The van der Waals surface area contributed by atoms with Gasteiger partial charge in [0.05, 0.1) is 17.6 Å². The smallest absolute Gasteiger partial charge is 0.329 e. The summed E-state index contributed by atoms with van der Waals surface area (Å²) in [4.78, 5) is 26.5. The molecule has 0 unspecified atom stereocenters. The van der Waals surface area contributed by atoms with Crippen LogP contribution in [0.5, 0.6) is 11.5 Å². The lowest BCUT2D eigenvalue weighted by atomic mass is 10.1. The number of carbonyl (C=O) groups is 2. The molecule has 3 aromatic carbocycles. The van der Waals surface area contributed by atoms with Gasteiger partial charge in [-0.2, -0.15) is 0 Å². The van der Waals surface area contributed by atoms with Crippen molar-refractivity contribution in [3.63, 3.8) is 0 Å². The van der Waals surface area contributed by atoms with Crippen LogP contribution in [0.4, 0.5) is 4.79 Å². The number of nitrogens with zero attached hydrogens (tertiary/aromatic N) is 1. The zero-order valence-corrected chi connectivity index (χ0v) is 21.6. The average molecular weight is 586 g/mol. The summed E-state index contributed by atoms with van der Waals surface area (Å²) in [6.45, 7) is 2.91. The van der Waals surface area contributed by atoms with Gasteiger partial charge in [0.15, 0.2) is 11.5 Å². The summed E-state index contributed by atoms with van der Waals surface area (Å²) < 4.78 is 13.5. The number of rotatable bonds is 8. The number of halogens is 2. The van der Waals surface area contributed by atoms with E-state index in [-0.39, 0.29) is 18.1 Å². The normalized spacial score (nSPS) is 14.4. The molecule has 1 N–H and O–H groups in total. The molecule has 3 aromatic rings. The minimum Gasteiger partial charge on any atom is -0.490 e. The molecule has 34 heavy (non-hydrogen) atoms. The van der Waals surface area contributed by atoms with Gasteiger partial charge in [0.25, 0.3) is 5.91 Å². The number of ether oxygens (including phenoxy) is 2. The molecule has 1 heterocycles. The Balaban J connectivity index is 1.55. The summed E-state index contributed by atoms with van der Waals surface area (Å²) in [5.41, 5.74) is 2.79. The number of imide groups is 1. The van der Waals surface area contributed by atoms with Crippen molar-refractivity contribution in [2.24, 2.45) is 0 Å². The third-order valence-electron chi connectivity index (χ3n) is 5.08. The van der Waals surface area contributed by atoms with Gasteiger partial charge in [-0.25, -0.2) is 4.79 Å². The van der Waals surface area contributed by atoms with Crippen molar-refractivity contribution in [1.29, 1.82) is 0 Å². The van der Waals surface area contributed by atoms with Gasteiger partial charge in [-0.05, 0) is 69.9 Å². The van der Waals surface area contributed by atoms with Gasteiger partial charge in [0.1, 0.15) is 12.3 Å². The van der Waals surface area contributed by atoms with Crippen LogP contribution in [0.2, 0.25) is 0 Å². The molecule has 1 aliphatic rings. The maximum Gasteiger partial charge on any atom is 0.329 e. The quantitative estimate of drug-likeness (QED) is 0.249. The van der Waals surface area contributed by atoms with Crippen molar-refractivity contribution >= 4 is 49.9 Å². The zero-order chi connectivity index (χ0) is 24.1. The highest BCUT2D eigenvalue weighted by Crippen LogP contribution is 2.38. The molecular formula is C26H22Br2N2O4. The van der Waals surface area contributed by atoms with E-state index in [9.17, 15) is 9.59 Å². The molecule has 4 rings (SSSR count). The Morgan fingerprint density at radius 1 is 0.941 bits per heavy atom. The minimum absolute atomic E-state index is 0.207. The first-order valence-corrected chi connectivity index (χ1v) is 12.2. The van der Waals surface area contributed by atoms with Crippen molar-refractivity contribution < 1.29 is 19.1 Å². The molecule has 1 aliphatic heterocycles. The lowest BCUT2D eigenvalue weighted by Crippen LogP contribution is -2.30. The van der Waals surface area contributed by atoms with Gasteiger partial charge < -0.3 is 14.8 Å². The van der Waals surface area contributed by atoms with E-state index in [4.69, 9.17) is 9.47 Å². The van der Waals surface area contributed by atoms with Crippen LogP contribution in [0.1, 0.15) is 23.6 Å². The summed E-state index contributed by atoms with van der Waals surface area (Å²) in [6, 6.07) is 20.4. The third-order valence-corrected chi connectivity index (χ3v) is 6.20. The second kappa shape index (κ2) is 10.9. The lowest BCUT2D eigenvalue weighted by molar-refractivity contribution is -0.123. The third kappa shape index (κ3) is 5.69. The summed E-state index contributed by atoms with van der Waals surface area (Å²) >= 11 is 6.99. The molecule has 0 aliphatic carbocycles. The molecule has 8 heteroatoms. The molecule has 0 atom stereocenters. The molecule has 3 amide bonds. The second-order valence-electron chi connectivity index (χ2n) is 7.54. The summed E-state index contributed by atoms with van der Waals surface area (Å²) in [6.07, 6.45) is 1.64. The topological polar surface area (TPSA) is 67.9 Å². The van der Waals surface area contributed by atoms with E-state index in [1.165, 1.54) is 4.90 Å². The van der Waals surface area contributed by atoms with Crippen molar-refractivity contribution in [3.8, 4) is 11.5 Å². The first-order valence-electron chi connectivity index (χ1n) is 10.7. The Morgan fingerprint density at radius 3 is 2.38 bits per heavy atom. The predicted octanol–water partition coefficient (Wildman–Crippen LogP) is 6.28. The lowest BCUT2D eigenvalue weighted by Gasteiger charge is -2.15. The number of carbonyl (C=O) groups excluding carboxylic acids is 2. The van der Waals surface area contributed by atoms with E-state index in [1.54, 1.807) is 12.1 Å². The van der Waals surface area contributed by atoms with Crippen LogP contribution in [0.15, 0.2) is 81.4 Å². The van der Waals surface area contributed by atoms with E-state index >= 15 is 0 Å². The largest absolute Gasteiger partial charge is 0.490 e. The van der Waals surface area contributed by atoms with Crippen molar-refractivity contribution in [2.75, 3.05) is 6.61 Å². The number of urea groups is 1. The van der Waals surface area contributed by atoms with Gasteiger partial charge in [0, 0.05) is 4.47 Å². The van der Waals surface area contributed by atoms with Gasteiger partial charge in [0.2, 0.25) is 0 Å². The predicted molar refractivity (Wildman–Crippen MR) is 137 cm³/mol. The molecule has 1 saturated heterocycles. The molecule has 0 bridgehead atoms. The molecule has 1 fully saturated rings. The van der Waals surface area contributed by atoms with Crippen LogP contribution in [-0.4, -0.2) is 23.4 Å². The zero-order valence-electron chi connectivity index (χ0n) is 18.4. The fourth-order valence-electron chi connectivity index (χ4n) is 3.46. The maximum atomic E-state index is 12.9. The van der Waals surface area contributed by atoms with Crippen molar-refractivity contribution in [1.82, 2.24) is 10.2 Å².